The number of nitrogens with two attached hydrogens (primary N) is 1. The highest BCUT2D eigenvalue weighted by molar-refractivity contribution is 14.0. The minimum atomic E-state index is -1.51. The molecule has 0 aliphatic carbocycles. The summed E-state index contributed by atoms with van der Waals surface area (Å²) < 4.78 is 26.2. The molecule has 0 bridgehead atoms. The Labute approximate surface area is 121 Å². The quantitative estimate of drug-likeness (QED) is 0.427. The number of aliphatic hydroxyl groups is 1. The van der Waals surface area contributed by atoms with Gasteiger partial charge in [0.25, 0.3) is 0 Å². The normalized spacial score (nSPS) is 14.6. The summed E-state index contributed by atoms with van der Waals surface area (Å²) >= 11 is 0. The van der Waals surface area contributed by atoms with E-state index in [-0.39, 0.29) is 42.0 Å². The first-order valence-corrected chi connectivity index (χ1v) is 5.01. The molecule has 4 N–H and O–H groups in total. The molecule has 0 saturated carbocycles. The summed E-state index contributed by atoms with van der Waals surface area (Å²) in [6, 6.07) is 3.01. The van der Waals surface area contributed by atoms with Crippen LogP contribution in [-0.4, -0.2) is 24.7 Å². The molecular formula is C11H16F2IN3O. The molecular weight excluding hydrogens is 355 g/mol. The van der Waals surface area contributed by atoms with Gasteiger partial charge in [-0.15, -0.1) is 24.0 Å². The third-order valence-electron chi connectivity index (χ3n) is 2.37. The van der Waals surface area contributed by atoms with Crippen molar-refractivity contribution in [2.45, 2.75) is 12.5 Å². The van der Waals surface area contributed by atoms with Crippen LogP contribution >= 0.6 is 24.0 Å². The fourth-order valence-corrected chi connectivity index (χ4v) is 1.36. The van der Waals surface area contributed by atoms with E-state index in [4.69, 9.17) is 5.73 Å². The summed E-state index contributed by atoms with van der Waals surface area (Å²) in [7, 11) is 1.48. The van der Waals surface area contributed by atoms with Crippen LogP contribution in [0.1, 0.15) is 12.5 Å². The smallest absolute Gasteiger partial charge is 0.188 e. The van der Waals surface area contributed by atoms with E-state index in [0.717, 1.165) is 12.1 Å². The van der Waals surface area contributed by atoms with E-state index in [1.54, 1.807) is 0 Å². The number of benzene rings is 1. The van der Waals surface area contributed by atoms with Crippen molar-refractivity contribution in [3.63, 3.8) is 0 Å². The molecule has 0 fully saturated rings. The minimum absolute atomic E-state index is 0. The Hall–Kier alpha value is -0.960. The third-order valence-corrected chi connectivity index (χ3v) is 2.37. The number of hydrogen-bond donors (Lipinski definition) is 3. The number of hydrogen-bond acceptors (Lipinski definition) is 2. The molecule has 18 heavy (non-hydrogen) atoms. The van der Waals surface area contributed by atoms with E-state index in [2.05, 4.69) is 10.3 Å². The number of rotatable bonds is 3. The van der Waals surface area contributed by atoms with E-state index in [9.17, 15) is 13.9 Å². The number of aliphatic imine (C=N–C) groups is 1. The molecule has 1 unspecified atom stereocenters. The topological polar surface area (TPSA) is 70.6 Å². The van der Waals surface area contributed by atoms with Crippen LogP contribution in [0.2, 0.25) is 0 Å². The van der Waals surface area contributed by atoms with Crippen molar-refractivity contribution in [1.29, 1.82) is 0 Å². The molecule has 0 aromatic heterocycles. The fourth-order valence-electron chi connectivity index (χ4n) is 1.36. The molecule has 102 valence electrons. The number of nitrogens with one attached hydrogen (secondary N) is 1. The van der Waals surface area contributed by atoms with Gasteiger partial charge in [0.15, 0.2) is 5.96 Å². The van der Waals surface area contributed by atoms with Gasteiger partial charge < -0.3 is 16.2 Å². The highest BCUT2D eigenvalue weighted by Gasteiger charge is 2.26. The van der Waals surface area contributed by atoms with Gasteiger partial charge in [0.1, 0.15) is 17.2 Å². The third kappa shape index (κ3) is 4.37. The molecule has 0 saturated heterocycles. The van der Waals surface area contributed by atoms with Gasteiger partial charge in [-0.25, -0.2) is 8.78 Å². The molecule has 1 aromatic rings. The summed E-state index contributed by atoms with van der Waals surface area (Å²) in [5.74, 6) is -1.36. The van der Waals surface area contributed by atoms with E-state index in [1.807, 2.05) is 0 Å². The summed E-state index contributed by atoms with van der Waals surface area (Å²) in [4.78, 5) is 3.64. The van der Waals surface area contributed by atoms with Crippen LogP contribution in [0.5, 0.6) is 0 Å². The molecule has 0 aliphatic rings. The van der Waals surface area contributed by atoms with Crippen molar-refractivity contribution < 1.29 is 13.9 Å². The van der Waals surface area contributed by atoms with Gasteiger partial charge in [0.2, 0.25) is 0 Å². The van der Waals surface area contributed by atoms with Gasteiger partial charge in [-0.2, -0.15) is 0 Å². The lowest BCUT2D eigenvalue weighted by Gasteiger charge is -2.24. The maximum atomic E-state index is 13.5. The van der Waals surface area contributed by atoms with Crippen LogP contribution in [0, 0.1) is 11.6 Å². The van der Waals surface area contributed by atoms with Gasteiger partial charge in [0, 0.05) is 18.7 Å². The number of guanidine groups is 1. The summed E-state index contributed by atoms with van der Waals surface area (Å²) in [5, 5.41) is 12.7. The lowest BCUT2D eigenvalue weighted by atomic mass is 9.95. The van der Waals surface area contributed by atoms with E-state index < -0.39 is 17.2 Å². The second-order valence-electron chi connectivity index (χ2n) is 3.86. The van der Waals surface area contributed by atoms with Crippen molar-refractivity contribution in [2.24, 2.45) is 10.7 Å². The second-order valence-corrected chi connectivity index (χ2v) is 3.86. The summed E-state index contributed by atoms with van der Waals surface area (Å²) in [5.41, 5.74) is 3.88. The van der Waals surface area contributed by atoms with Crippen LogP contribution in [0.15, 0.2) is 23.2 Å². The van der Waals surface area contributed by atoms with Crippen LogP contribution < -0.4 is 11.1 Å². The summed E-state index contributed by atoms with van der Waals surface area (Å²) in [6.07, 6.45) is 0. The Kier molecular flexibility index (Phi) is 6.47. The average molecular weight is 371 g/mol. The lowest BCUT2D eigenvalue weighted by Crippen LogP contribution is -2.42. The van der Waals surface area contributed by atoms with Crippen molar-refractivity contribution in [2.75, 3.05) is 13.6 Å². The predicted octanol–water partition coefficient (Wildman–Crippen LogP) is 1.32. The van der Waals surface area contributed by atoms with Gasteiger partial charge in [-0.1, -0.05) is 6.07 Å². The first-order chi connectivity index (χ1) is 7.86. The van der Waals surface area contributed by atoms with Crippen molar-refractivity contribution >= 4 is 29.9 Å². The number of halogens is 3. The Balaban J connectivity index is 0.00000289. The monoisotopic (exact) mass is 371 g/mol. The maximum Gasteiger partial charge on any atom is 0.188 e. The molecule has 7 heteroatoms. The van der Waals surface area contributed by atoms with Crippen LogP contribution in [0.4, 0.5) is 8.78 Å². The standard InChI is InChI=1S/C11H15F2N3O.HI/c1-11(17,6-16-10(14)15-2)8-4-3-7(12)5-9(8)13;/h3-5,17H,6H2,1-2H3,(H3,14,15,16);1H. The van der Waals surface area contributed by atoms with Crippen molar-refractivity contribution in [3.8, 4) is 0 Å². The zero-order valence-corrected chi connectivity index (χ0v) is 12.4. The Morgan fingerprint density at radius 3 is 2.61 bits per heavy atom. The first-order valence-electron chi connectivity index (χ1n) is 5.01. The molecule has 1 aromatic carbocycles. The van der Waals surface area contributed by atoms with Gasteiger partial charge in [-0.3, -0.25) is 4.99 Å². The van der Waals surface area contributed by atoms with Gasteiger partial charge in [-0.05, 0) is 13.0 Å². The van der Waals surface area contributed by atoms with Gasteiger partial charge >= 0.3 is 0 Å². The molecule has 0 radical (unpaired) electrons. The largest absolute Gasteiger partial charge is 0.383 e. The van der Waals surface area contributed by atoms with Crippen molar-refractivity contribution in [3.05, 3.63) is 35.4 Å². The molecule has 4 nitrogen and oxygen atoms in total. The molecule has 0 aliphatic heterocycles. The average Bonchev–Trinajstić information content (AvgIpc) is 2.25. The first kappa shape index (κ1) is 17.0. The number of nitrogens with zero attached hydrogens (tertiary/aromatic N) is 1. The second kappa shape index (κ2) is 6.83. The lowest BCUT2D eigenvalue weighted by molar-refractivity contribution is 0.0579. The van der Waals surface area contributed by atoms with E-state index in [0.29, 0.717) is 0 Å². The predicted molar refractivity (Wildman–Crippen MR) is 76.9 cm³/mol. The Bertz CT molecular complexity index is 438. The van der Waals surface area contributed by atoms with Crippen molar-refractivity contribution in [1.82, 2.24) is 5.32 Å². The Morgan fingerprint density at radius 2 is 2.11 bits per heavy atom. The molecule has 0 amide bonds. The zero-order valence-electron chi connectivity index (χ0n) is 10.1. The zero-order chi connectivity index (χ0) is 13.1. The molecule has 0 heterocycles. The van der Waals surface area contributed by atoms with Crippen LogP contribution in [-0.2, 0) is 5.60 Å². The highest BCUT2D eigenvalue weighted by atomic mass is 127. The molecule has 0 spiro atoms. The highest BCUT2D eigenvalue weighted by Crippen LogP contribution is 2.23. The maximum absolute atomic E-state index is 13.5. The van der Waals surface area contributed by atoms with Crippen LogP contribution in [0.3, 0.4) is 0 Å². The van der Waals surface area contributed by atoms with Crippen LogP contribution in [0.25, 0.3) is 0 Å². The Morgan fingerprint density at radius 1 is 1.50 bits per heavy atom. The van der Waals surface area contributed by atoms with Gasteiger partial charge in [0.05, 0.1) is 6.54 Å². The molecule has 1 rings (SSSR count). The molecule has 1 atom stereocenters. The summed E-state index contributed by atoms with van der Waals surface area (Å²) in [6.45, 7) is 1.37. The van der Waals surface area contributed by atoms with E-state index >= 15 is 0 Å². The minimum Gasteiger partial charge on any atom is -0.383 e. The van der Waals surface area contributed by atoms with E-state index in [1.165, 1.54) is 20.0 Å². The SMILES string of the molecule is CN=C(N)NCC(C)(O)c1ccc(F)cc1F.I. The fraction of sp³-hybridized carbons (Fsp3) is 0.364.